The van der Waals surface area contributed by atoms with E-state index in [1.54, 1.807) is 6.92 Å². The third kappa shape index (κ3) is 3.74. The van der Waals surface area contributed by atoms with E-state index in [0.29, 0.717) is 0 Å². The summed E-state index contributed by atoms with van der Waals surface area (Å²) in [5.74, 6) is -1.23. The molecule has 0 aliphatic rings. The first kappa shape index (κ1) is 12.9. The minimum absolute atomic E-state index is 0.260. The third-order valence-corrected chi connectivity index (χ3v) is 1.92. The van der Waals surface area contributed by atoms with Crippen molar-refractivity contribution in [1.82, 2.24) is 0 Å². The van der Waals surface area contributed by atoms with Gasteiger partial charge in [0, 0.05) is 7.11 Å². The second-order valence-electron chi connectivity index (χ2n) is 2.91. The van der Waals surface area contributed by atoms with Crippen molar-refractivity contribution in [3.05, 3.63) is 0 Å². The van der Waals surface area contributed by atoms with Crippen LogP contribution in [0.3, 0.4) is 0 Å². The molecule has 0 spiro atoms. The van der Waals surface area contributed by atoms with E-state index in [1.807, 2.05) is 0 Å². The molecule has 0 bridgehead atoms. The Balaban J connectivity index is 4.17. The molecule has 0 N–H and O–H groups in total. The molecule has 0 aromatic rings. The van der Waals surface area contributed by atoms with Gasteiger partial charge in [-0.15, -0.1) is 0 Å². The van der Waals surface area contributed by atoms with Crippen LogP contribution in [0.2, 0.25) is 0 Å². The highest BCUT2D eigenvalue weighted by Crippen LogP contribution is 2.11. The lowest BCUT2D eigenvalue weighted by atomic mass is 10.0. The largest absolute Gasteiger partial charge is 0.469 e. The van der Waals surface area contributed by atoms with Crippen LogP contribution < -0.4 is 0 Å². The van der Waals surface area contributed by atoms with E-state index in [2.05, 4.69) is 9.47 Å². The molecular weight excluding hydrogens is 188 g/mol. The summed E-state index contributed by atoms with van der Waals surface area (Å²) in [6.45, 7) is 1.67. The van der Waals surface area contributed by atoms with Crippen molar-refractivity contribution in [1.29, 1.82) is 0 Å². The Kier molecular flexibility index (Phi) is 5.87. The molecule has 0 radical (unpaired) electrons. The number of carbonyl (C=O) groups is 2. The first-order valence-corrected chi connectivity index (χ1v) is 4.25. The molecule has 0 aromatic heterocycles. The average molecular weight is 204 g/mol. The lowest BCUT2D eigenvalue weighted by molar-refractivity contribution is -0.155. The van der Waals surface area contributed by atoms with Crippen molar-refractivity contribution in [3.8, 4) is 0 Å². The number of ether oxygens (including phenoxy) is 3. The molecule has 0 aliphatic carbocycles. The van der Waals surface area contributed by atoms with Gasteiger partial charge in [-0.1, -0.05) is 6.92 Å². The maximum absolute atomic E-state index is 11.1. The summed E-state index contributed by atoms with van der Waals surface area (Å²) < 4.78 is 13.9. The summed E-state index contributed by atoms with van der Waals surface area (Å²) in [6, 6.07) is 0. The highest BCUT2D eigenvalue weighted by atomic mass is 16.6. The predicted octanol–water partition coefficient (Wildman–Crippen LogP) is 0.374. The molecule has 0 saturated carbocycles. The number of rotatable bonds is 5. The van der Waals surface area contributed by atoms with Gasteiger partial charge in [0.25, 0.3) is 0 Å². The number of esters is 2. The first-order valence-electron chi connectivity index (χ1n) is 4.25. The van der Waals surface area contributed by atoms with Crippen molar-refractivity contribution in [3.63, 3.8) is 0 Å². The van der Waals surface area contributed by atoms with Crippen LogP contribution in [0.4, 0.5) is 0 Å². The fourth-order valence-electron chi connectivity index (χ4n) is 1.04. The lowest BCUT2D eigenvalue weighted by Crippen LogP contribution is -2.29. The standard InChI is InChI=1S/C9H16O5/c1-6(8(10)13-3)5-7(12-2)9(11)14-4/h6-7H,5H2,1-4H3. The van der Waals surface area contributed by atoms with Crippen LogP contribution >= 0.6 is 0 Å². The summed E-state index contributed by atoms with van der Waals surface area (Å²) >= 11 is 0. The van der Waals surface area contributed by atoms with Gasteiger partial charge < -0.3 is 14.2 Å². The monoisotopic (exact) mass is 204 g/mol. The van der Waals surface area contributed by atoms with Gasteiger partial charge in [-0.05, 0) is 6.42 Å². The van der Waals surface area contributed by atoms with Crippen molar-refractivity contribution in [2.75, 3.05) is 21.3 Å². The number of hydrogen-bond acceptors (Lipinski definition) is 5. The molecule has 0 fully saturated rings. The predicted molar refractivity (Wildman–Crippen MR) is 48.6 cm³/mol. The third-order valence-electron chi connectivity index (χ3n) is 1.92. The van der Waals surface area contributed by atoms with Gasteiger partial charge in [0.1, 0.15) is 0 Å². The Hall–Kier alpha value is -1.10. The van der Waals surface area contributed by atoms with Crippen LogP contribution in [0.5, 0.6) is 0 Å². The molecule has 5 nitrogen and oxygen atoms in total. The van der Waals surface area contributed by atoms with Gasteiger partial charge in [-0.25, -0.2) is 4.79 Å². The van der Waals surface area contributed by atoms with E-state index in [4.69, 9.17) is 4.74 Å². The Labute approximate surface area is 83.3 Å². The van der Waals surface area contributed by atoms with E-state index in [9.17, 15) is 9.59 Å². The molecule has 0 aliphatic heterocycles. The van der Waals surface area contributed by atoms with Crippen molar-refractivity contribution in [2.24, 2.45) is 5.92 Å². The molecule has 2 unspecified atom stereocenters. The Morgan fingerprint density at radius 1 is 1.07 bits per heavy atom. The van der Waals surface area contributed by atoms with Crippen LogP contribution in [-0.4, -0.2) is 39.4 Å². The number of methoxy groups -OCH3 is 3. The molecule has 14 heavy (non-hydrogen) atoms. The zero-order chi connectivity index (χ0) is 11.1. The SMILES string of the molecule is COC(=O)C(C)CC(OC)C(=O)OC. The zero-order valence-corrected chi connectivity index (χ0v) is 8.90. The highest BCUT2D eigenvalue weighted by Gasteiger charge is 2.25. The van der Waals surface area contributed by atoms with Gasteiger partial charge in [0.15, 0.2) is 6.10 Å². The Morgan fingerprint density at radius 3 is 1.93 bits per heavy atom. The molecule has 0 rings (SSSR count). The molecule has 0 amide bonds. The molecule has 2 atom stereocenters. The van der Waals surface area contributed by atoms with E-state index >= 15 is 0 Å². The zero-order valence-electron chi connectivity index (χ0n) is 8.90. The van der Waals surface area contributed by atoms with Gasteiger partial charge in [0.2, 0.25) is 0 Å². The molecule has 0 heterocycles. The minimum atomic E-state index is -0.714. The molecule has 0 saturated heterocycles. The van der Waals surface area contributed by atoms with E-state index in [0.717, 1.165) is 0 Å². The lowest BCUT2D eigenvalue weighted by Gasteiger charge is -2.15. The van der Waals surface area contributed by atoms with Crippen LogP contribution in [-0.2, 0) is 23.8 Å². The minimum Gasteiger partial charge on any atom is -0.469 e. The summed E-state index contributed by atoms with van der Waals surface area (Å²) in [5, 5.41) is 0. The second-order valence-corrected chi connectivity index (χ2v) is 2.91. The second kappa shape index (κ2) is 6.37. The number of hydrogen-bond donors (Lipinski definition) is 0. The molecule has 0 aromatic carbocycles. The normalized spacial score (nSPS) is 14.3. The summed E-state index contributed by atoms with van der Waals surface area (Å²) in [5.41, 5.74) is 0. The topological polar surface area (TPSA) is 61.8 Å². The van der Waals surface area contributed by atoms with Crippen LogP contribution in [0.15, 0.2) is 0 Å². The molecule has 82 valence electrons. The average Bonchev–Trinajstić information content (AvgIpc) is 2.22. The highest BCUT2D eigenvalue weighted by molar-refractivity contribution is 5.77. The van der Waals surface area contributed by atoms with Gasteiger partial charge in [-0.2, -0.15) is 0 Å². The van der Waals surface area contributed by atoms with Crippen molar-refractivity contribution in [2.45, 2.75) is 19.4 Å². The van der Waals surface area contributed by atoms with Gasteiger partial charge in [-0.3, -0.25) is 4.79 Å². The first-order chi connectivity index (χ1) is 6.56. The fraction of sp³-hybridized carbons (Fsp3) is 0.778. The quantitative estimate of drug-likeness (QED) is 0.605. The van der Waals surface area contributed by atoms with E-state index < -0.39 is 12.1 Å². The smallest absolute Gasteiger partial charge is 0.334 e. The molecule has 5 heteroatoms. The van der Waals surface area contributed by atoms with Crippen LogP contribution in [0.1, 0.15) is 13.3 Å². The van der Waals surface area contributed by atoms with Crippen LogP contribution in [0.25, 0.3) is 0 Å². The molecular formula is C9H16O5. The van der Waals surface area contributed by atoms with Crippen LogP contribution in [0, 0.1) is 5.92 Å². The van der Waals surface area contributed by atoms with Crippen molar-refractivity contribution < 1.29 is 23.8 Å². The number of carbonyl (C=O) groups excluding carboxylic acids is 2. The summed E-state index contributed by atoms with van der Waals surface area (Å²) in [6.07, 6.45) is -0.454. The van der Waals surface area contributed by atoms with Gasteiger partial charge in [0.05, 0.1) is 20.1 Å². The van der Waals surface area contributed by atoms with E-state index in [1.165, 1.54) is 21.3 Å². The summed E-state index contributed by atoms with van der Waals surface area (Å²) in [7, 11) is 3.97. The van der Waals surface area contributed by atoms with Crippen molar-refractivity contribution >= 4 is 11.9 Å². The Bertz CT molecular complexity index is 201. The summed E-state index contributed by atoms with van der Waals surface area (Å²) in [4.78, 5) is 22.1. The fourth-order valence-corrected chi connectivity index (χ4v) is 1.04. The maximum atomic E-state index is 11.1. The maximum Gasteiger partial charge on any atom is 0.334 e. The van der Waals surface area contributed by atoms with E-state index in [-0.39, 0.29) is 18.3 Å². The van der Waals surface area contributed by atoms with Gasteiger partial charge >= 0.3 is 11.9 Å². The Morgan fingerprint density at radius 2 is 1.57 bits per heavy atom.